The standard InChI is InChI=1S/C22H16FN3O2S/c1-13-2-11-19-18(12-13)25-21(28-19)15-5-9-17(10-6-15)24-22(29)26-20(27)14-3-7-16(23)8-4-14/h2-12H,1H3,(H2,24,26,27,29). The Morgan fingerprint density at radius 2 is 1.76 bits per heavy atom. The number of thiocarbonyl (C=S) groups is 1. The summed E-state index contributed by atoms with van der Waals surface area (Å²) in [5.74, 6) is -0.290. The highest BCUT2D eigenvalue weighted by molar-refractivity contribution is 7.80. The molecule has 0 spiro atoms. The van der Waals surface area contributed by atoms with Gasteiger partial charge in [-0.15, -0.1) is 0 Å². The summed E-state index contributed by atoms with van der Waals surface area (Å²) in [6, 6.07) is 18.4. The minimum absolute atomic E-state index is 0.143. The van der Waals surface area contributed by atoms with Crippen LogP contribution in [0.25, 0.3) is 22.6 Å². The number of aryl methyl sites for hydroxylation is 1. The summed E-state index contributed by atoms with van der Waals surface area (Å²) in [6.07, 6.45) is 0. The molecule has 0 fully saturated rings. The first-order valence-electron chi connectivity index (χ1n) is 8.83. The maximum Gasteiger partial charge on any atom is 0.257 e. The number of amides is 1. The molecule has 3 aromatic carbocycles. The molecule has 0 saturated heterocycles. The highest BCUT2D eigenvalue weighted by Crippen LogP contribution is 2.25. The van der Waals surface area contributed by atoms with Crippen molar-refractivity contribution in [2.75, 3.05) is 5.32 Å². The van der Waals surface area contributed by atoms with Gasteiger partial charge in [0, 0.05) is 16.8 Å². The lowest BCUT2D eigenvalue weighted by atomic mass is 10.2. The van der Waals surface area contributed by atoms with E-state index in [1.165, 1.54) is 24.3 Å². The fourth-order valence-electron chi connectivity index (χ4n) is 2.80. The lowest BCUT2D eigenvalue weighted by Gasteiger charge is -2.10. The van der Waals surface area contributed by atoms with Crippen LogP contribution in [0.4, 0.5) is 10.1 Å². The second-order valence-electron chi connectivity index (χ2n) is 6.48. The molecular weight excluding hydrogens is 389 g/mol. The molecule has 5 nitrogen and oxygen atoms in total. The van der Waals surface area contributed by atoms with Gasteiger partial charge in [0.25, 0.3) is 5.91 Å². The number of carbonyl (C=O) groups excluding carboxylic acids is 1. The van der Waals surface area contributed by atoms with Crippen molar-refractivity contribution in [1.29, 1.82) is 0 Å². The topological polar surface area (TPSA) is 67.2 Å². The number of hydrogen-bond acceptors (Lipinski definition) is 4. The first-order chi connectivity index (χ1) is 14.0. The molecule has 144 valence electrons. The van der Waals surface area contributed by atoms with Gasteiger partial charge in [-0.3, -0.25) is 10.1 Å². The van der Waals surface area contributed by atoms with Crippen molar-refractivity contribution in [3.63, 3.8) is 0 Å². The lowest BCUT2D eigenvalue weighted by molar-refractivity contribution is 0.0977. The van der Waals surface area contributed by atoms with Crippen molar-refractivity contribution in [1.82, 2.24) is 10.3 Å². The van der Waals surface area contributed by atoms with Crippen LogP contribution in [0.5, 0.6) is 0 Å². The molecule has 4 aromatic rings. The number of anilines is 1. The van der Waals surface area contributed by atoms with Crippen molar-refractivity contribution < 1.29 is 13.6 Å². The molecular formula is C22H16FN3O2S. The largest absolute Gasteiger partial charge is 0.436 e. The summed E-state index contributed by atoms with van der Waals surface area (Å²) >= 11 is 5.17. The van der Waals surface area contributed by atoms with E-state index < -0.39 is 11.7 Å². The average Bonchev–Trinajstić information content (AvgIpc) is 3.12. The quantitative estimate of drug-likeness (QED) is 0.466. The molecule has 0 aliphatic carbocycles. The number of rotatable bonds is 3. The Morgan fingerprint density at radius 3 is 2.48 bits per heavy atom. The zero-order valence-electron chi connectivity index (χ0n) is 15.4. The van der Waals surface area contributed by atoms with Crippen molar-refractivity contribution in [2.45, 2.75) is 6.92 Å². The van der Waals surface area contributed by atoms with Crippen LogP contribution in [0.3, 0.4) is 0 Å². The van der Waals surface area contributed by atoms with Crippen LogP contribution >= 0.6 is 12.2 Å². The smallest absolute Gasteiger partial charge is 0.257 e. The first kappa shape index (κ1) is 18.8. The number of nitrogens with one attached hydrogen (secondary N) is 2. The van der Waals surface area contributed by atoms with Crippen LogP contribution in [0.15, 0.2) is 71.1 Å². The van der Waals surface area contributed by atoms with E-state index in [4.69, 9.17) is 16.6 Å². The third-order valence-electron chi connectivity index (χ3n) is 4.27. The lowest BCUT2D eigenvalue weighted by Crippen LogP contribution is -2.34. The minimum atomic E-state index is -0.416. The normalized spacial score (nSPS) is 10.7. The Kier molecular flexibility index (Phi) is 5.05. The van der Waals surface area contributed by atoms with E-state index in [1.54, 1.807) is 0 Å². The van der Waals surface area contributed by atoms with E-state index in [0.717, 1.165) is 22.2 Å². The van der Waals surface area contributed by atoms with E-state index in [1.807, 2.05) is 49.4 Å². The van der Waals surface area contributed by atoms with E-state index in [0.29, 0.717) is 17.1 Å². The van der Waals surface area contributed by atoms with Crippen molar-refractivity contribution in [3.8, 4) is 11.5 Å². The maximum atomic E-state index is 13.0. The van der Waals surface area contributed by atoms with Crippen LogP contribution in [0.1, 0.15) is 15.9 Å². The molecule has 0 saturated carbocycles. The van der Waals surface area contributed by atoms with E-state index in [9.17, 15) is 9.18 Å². The van der Waals surface area contributed by atoms with E-state index in [2.05, 4.69) is 15.6 Å². The van der Waals surface area contributed by atoms with Crippen molar-refractivity contribution in [2.24, 2.45) is 0 Å². The van der Waals surface area contributed by atoms with Crippen molar-refractivity contribution in [3.05, 3.63) is 83.7 Å². The summed E-state index contributed by atoms with van der Waals surface area (Å²) in [4.78, 5) is 16.6. The molecule has 0 aliphatic heterocycles. The molecule has 4 rings (SSSR count). The fraction of sp³-hybridized carbons (Fsp3) is 0.0455. The van der Waals surface area contributed by atoms with Gasteiger partial charge in [0.05, 0.1) is 0 Å². The van der Waals surface area contributed by atoms with Gasteiger partial charge < -0.3 is 9.73 Å². The molecule has 0 bridgehead atoms. The number of fused-ring (bicyclic) bond motifs is 1. The summed E-state index contributed by atoms with van der Waals surface area (Å²) in [5.41, 5.74) is 4.50. The summed E-state index contributed by atoms with van der Waals surface area (Å²) < 4.78 is 18.8. The predicted octanol–water partition coefficient (Wildman–Crippen LogP) is 5.07. The number of oxazole rings is 1. The molecule has 2 N–H and O–H groups in total. The second-order valence-corrected chi connectivity index (χ2v) is 6.89. The summed E-state index contributed by atoms with van der Waals surface area (Å²) in [5, 5.41) is 5.65. The van der Waals surface area contributed by atoms with Gasteiger partial charge >= 0.3 is 0 Å². The highest BCUT2D eigenvalue weighted by Gasteiger charge is 2.10. The average molecular weight is 405 g/mol. The third-order valence-corrected chi connectivity index (χ3v) is 4.47. The number of aromatic nitrogens is 1. The summed E-state index contributed by atoms with van der Waals surface area (Å²) in [6.45, 7) is 2.01. The Hall–Kier alpha value is -3.58. The second kappa shape index (κ2) is 7.81. The van der Waals surface area contributed by atoms with Gasteiger partial charge in [-0.25, -0.2) is 9.37 Å². The zero-order valence-corrected chi connectivity index (χ0v) is 16.2. The molecule has 1 aromatic heterocycles. The van der Waals surface area contributed by atoms with Gasteiger partial charge in [0.15, 0.2) is 10.7 Å². The van der Waals surface area contributed by atoms with Crippen molar-refractivity contribution >= 4 is 40.0 Å². The van der Waals surface area contributed by atoms with Crippen LogP contribution in [0, 0.1) is 12.7 Å². The first-order valence-corrected chi connectivity index (χ1v) is 9.24. The van der Waals surface area contributed by atoms with Gasteiger partial charge in [-0.2, -0.15) is 0 Å². The molecule has 0 aliphatic rings. The Bertz CT molecular complexity index is 1200. The number of nitrogens with zero attached hydrogens (tertiary/aromatic N) is 1. The van der Waals surface area contributed by atoms with E-state index >= 15 is 0 Å². The Labute approximate surface area is 171 Å². The Balaban J connectivity index is 1.42. The maximum absolute atomic E-state index is 13.0. The van der Waals surface area contributed by atoms with Crippen LogP contribution in [-0.2, 0) is 0 Å². The molecule has 0 unspecified atom stereocenters. The number of carbonyl (C=O) groups is 1. The number of benzene rings is 3. The molecule has 29 heavy (non-hydrogen) atoms. The predicted molar refractivity (Wildman–Crippen MR) is 114 cm³/mol. The SMILES string of the molecule is Cc1ccc2oc(-c3ccc(NC(=S)NC(=O)c4ccc(F)cc4)cc3)nc2c1. The van der Waals surface area contributed by atoms with Crippen LogP contribution in [0.2, 0.25) is 0 Å². The van der Waals surface area contributed by atoms with Gasteiger partial charge in [-0.1, -0.05) is 6.07 Å². The molecule has 7 heteroatoms. The number of halogens is 1. The fourth-order valence-corrected chi connectivity index (χ4v) is 3.01. The molecule has 1 amide bonds. The highest BCUT2D eigenvalue weighted by atomic mass is 32.1. The Morgan fingerprint density at radius 1 is 1.03 bits per heavy atom. The molecule has 0 radical (unpaired) electrons. The zero-order chi connectivity index (χ0) is 20.4. The monoisotopic (exact) mass is 405 g/mol. The van der Waals surface area contributed by atoms with Gasteiger partial charge in [0.2, 0.25) is 5.89 Å². The third kappa shape index (κ3) is 4.30. The summed E-state index contributed by atoms with van der Waals surface area (Å²) in [7, 11) is 0. The van der Waals surface area contributed by atoms with Gasteiger partial charge in [0.1, 0.15) is 11.3 Å². The van der Waals surface area contributed by atoms with Crippen LogP contribution < -0.4 is 10.6 Å². The van der Waals surface area contributed by atoms with Gasteiger partial charge in [-0.05, 0) is 85.4 Å². The molecule has 0 atom stereocenters. The molecule has 1 heterocycles. The van der Waals surface area contributed by atoms with Crippen LogP contribution in [-0.4, -0.2) is 16.0 Å². The number of hydrogen-bond donors (Lipinski definition) is 2. The minimum Gasteiger partial charge on any atom is -0.436 e. The van der Waals surface area contributed by atoms with E-state index in [-0.39, 0.29) is 5.11 Å².